The van der Waals surface area contributed by atoms with Crippen molar-refractivity contribution >= 4 is 11.9 Å². The van der Waals surface area contributed by atoms with Gasteiger partial charge in [-0.1, -0.05) is 12.1 Å². The van der Waals surface area contributed by atoms with Crippen molar-refractivity contribution in [3.05, 3.63) is 34.9 Å². The van der Waals surface area contributed by atoms with Crippen LogP contribution in [-0.4, -0.2) is 17.0 Å². The van der Waals surface area contributed by atoms with Crippen LogP contribution in [0.25, 0.3) is 0 Å². The molecule has 2 rings (SSSR count). The van der Waals surface area contributed by atoms with E-state index in [9.17, 15) is 9.59 Å². The Kier molecular flexibility index (Phi) is 2.19. The summed E-state index contributed by atoms with van der Waals surface area (Å²) in [6, 6.07) is 5.00. The molecular formula is C11H10O4. The van der Waals surface area contributed by atoms with E-state index in [1.54, 1.807) is 25.1 Å². The number of carboxylic acids is 1. The van der Waals surface area contributed by atoms with Crippen LogP contribution in [0.15, 0.2) is 18.2 Å². The van der Waals surface area contributed by atoms with E-state index >= 15 is 0 Å². The summed E-state index contributed by atoms with van der Waals surface area (Å²) in [6.07, 6.45) is 0. The average molecular weight is 206 g/mol. The number of hydrogen-bond donors (Lipinski definition) is 1. The summed E-state index contributed by atoms with van der Waals surface area (Å²) in [7, 11) is 0. The fourth-order valence-corrected chi connectivity index (χ4v) is 1.57. The summed E-state index contributed by atoms with van der Waals surface area (Å²) in [5, 5.41) is 8.84. The van der Waals surface area contributed by atoms with Crippen LogP contribution < -0.4 is 0 Å². The van der Waals surface area contributed by atoms with E-state index in [-0.39, 0.29) is 12.6 Å². The molecule has 15 heavy (non-hydrogen) atoms. The van der Waals surface area contributed by atoms with Crippen molar-refractivity contribution in [1.82, 2.24) is 0 Å². The lowest BCUT2D eigenvalue weighted by atomic mass is 9.97. The van der Waals surface area contributed by atoms with Gasteiger partial charge in [-0.05, 0) is 18.6 Å². The van der Waals surface area contributed by atoms with Crippen LogP contribution in [0, 0.1) is 0 Å². The molecule has 0 bridgehead atoms. The highest BCUT2D eigenvalue weighted by atomic mass is 16.5. The van der Waals surface area contributed by atoms with Crippen LogP contribution in [-0.2, 0) is 16.1 Å². The quantitative estimate of drug-likeness (QED) is 0.745. The second kappa shape index (κ2) is 3.38. The molecule has 1 aliphatic rings. The third-order valence-corrected chi connectivity index (χ3v) is 2.58. The van der Waals surface area contributed by atoms with E-state index in [0.717, 1.165) is 5.56 Å². The van der Waals surface area contributed by atoms with Gasteiger partial charge in [0.05, 0.1) is 11.5 Å². The minimum absolute atomic E-state index is 0.244. The van der Waals surface area contributed by atoms with Crippen LogP contribution in [0.3, 0.4) is 0 Å². The van der Waals surface area contributed by atoms with Gasteiger partial charge < -0.3 is 9.84 Å². The Morgan fingerprint density at radius 2 is 2.27 bits per heavy atom. The third kappa shape index (κ3) is 1.58. The third-order valence-electron chi connectivity index (χ3n) is 2.58. The fraction of sp³-hybridized carbons (Fsp3) is 0.273. The normalized spacial score (nSPS) is 15.7. The Hall–Kier alpha value is -1.84. The monoisotopic (exact) mass is 206 g/mol. The molecule has 0 aliphatic carbocycles. The second-order valence-corrected chi connectivity index (χ2v) is 3.55. The van der Waals surface area contributed by atoms with Gasteiger partial charge in [0.15, 0.2) is 0 Å². The molecule has 0 aromatic heterocycles. The molecule has 0 saturated carbocycles. The topological polar surface area (TPSA) is 63.6 Å². The van der Waals surface area contributed by atoms with Gasteiger partial charge >= 0.3 is 11.9 Å². The first-order chi connectivity index (χ1) is 7.09. The van der Waals surface area contributed by atoms with E-state index in [4.69, 9.17) is 9.84 Å². The number of carbonyl (C=O) groups is 2. The number of esters is 1. The van der Waals surface area contributed by atoms with Crippen LogP contribution in [0.1, 0.15) is 34.3 Å². The summed E-state index contributed by atoms with van der Waals surface area (Å²) in [6.45, 7) is 1.86. The van der Waals surface area contributed by atoms with Gasteiger partial charge in [-0.3, -0.25) is 4.79 Å². The van der Waals surface area contributed by atoms with Crippen molar-refractivity contribution in [1.29, 1.82) is 0 Å². The summed E-state index contributed by atoms with van der Waals surface area (Å²) in [4.78, 5) is 21.9. The van der Waals surface area contributed by atoms with Gasteiger partial charge in [0.2, 0.25) is 0 Å². The molecule has 1 N–H and O–H groups in total. The summed E-state index contributed by atoms with van der Waals surface area (Å²) in [5.41, 5.74) is 2.00. The molecule has 1 heterocycles. The van der Waals surface area contributed by atoms with Gasteiger partial charge in [-0.25, -0.2) is 4.79 Å². The minimum Gasteiger partial charge on any atom is -0.481 e. The zero-order chi connectivity index (χ0) is 11.0. The molecule has 1 aromatic rings. The summed E-state index contributed by atoms with van der Waals surface area (Å²) in [5.74, 6) is -1.77. The molecule has 0 fully saturated rings. The number of rotatable bonds is 2. The maximum absolute atomic E-state index is 11.1. The van der Waals surface area contributed by atoms with E-state index in [1.165, 1.54) is 0 Å². The number of fused-ring (bicyclic) bond motifs is 1. The molecule has 1 aliphatic heterocycles. The van der Waals surface area contributed by atoms with Crippen molar-refractivity contribution in [3.63, 3.8) is 0 Å². The summed E-state index contributed by atoms with van der Waals surface area (Å²) >= 11 is 0. The Balaban J connectivity index is 2.39. The maximum Gasteiger partial charge on any atom is 0.338 e. The van der Waals surface area contributed by atoms with Crippen molar-refractivity contribution in [2.75, 3.05) is 0 Å². The highest BCUT2D eigenvalue weighted by molar-refractivity contribution is 5.93. The number of ether oxygens (including phenoxy) is 1. The Morgan fingerprint density at radius 1 is 1.53 bits per heavy atom. The molecule has 1 atom stereocenters. The number of carbonyl (C=O) groups excluding carboxylic acids is 1. The van der Waals surface area contributed by atoms with Crippen molar-refractivity contribution in [3.8, 4) is 0 Å². The predicted octanol–water partition coefficient (Wildman–Crippen LogP) is 1.55. The second-order valence-electron chi connectivity index (χ2n) is 3.55. The van der Waals surface area contributed by atoms with Gasteiger partial charge in [-0.15, -0.1) is 0 Å². The molecule has 4 nitrogen and oxygen atoms in total. The summed E-state index contributed by atoms with van der Waals surface area (Å²) < 4.78 is 4.83. The fourth-order valence-electron chi connectivity index (χ4n) is 1.57. The maximum atomic E-state index is 11.1. The van der Waals surface area contributed by atoms with Crippen molar-refractivity contribution in [2.45, 2.75) is 19.4 Å². The number of cyclic esters (lactones) is 1. The molecule has 4 heteroatoms. The zero-order valence-electron chi connectivity index (χ0n) is 8.19. The van der Waals surface area contributed by atoms with Crippen molar-refractivity contribution < 1.29 is 19.4 Å². The largest absolute Gasteiger partial charge is 0.481 e. The molecule has 0 spiro atoms. The smallest absolute Gasteiger partial charge is 0.338 e. The van der Waals surface area contributed by atoms with Gasteiger partial charge in [0.25, 0.3) is 0 Å². The first-order valence-corrected chi connectivity index (χ1v) is 4.62. The number of hydrogen-bond acceptors (Lipinski definition) is 3. The molecule has 78 valence electrons. The van der Waals surface area contributed by atoms with E-state index in [1.807, 2.05) is 0 Å². The lowest BCUT2D eigenvalue weighted by molar-refractivity contribution is -0.138. The van der Waals surface area contributed by atoms with Gasteiger partial charge in [0, 0.05) is 5.56 Å². The zero-order valence-corrected chi connectivity index (χ0v) is 8.19. The lowest BCUT2D eigenvalue weighted by Crippen LogP contribution is -2.07. The SMILES string of the molecule is C[C@H](C(=O)O)c1ccc2c(c1)COC2=O. The van der Waals surface area contributed by atoms with E-state index in [2.05, 4.69) is 0 Å². The number of aliphatic carboxylic acids is 1. The van der Waals surface area contributed by atoms with Gasteiger partial charge in [-0.2, -0.15) is 0 Å². The molecular weight excluding hydrogens is 196 g/mol. The molecule has 0 saturated heterocycles. The average Bonchev–Trinajstić information content (AvgIpc) is 2.59. The lowest BCUT2D eigenvalue weighted by Gasteiger charge is -2.06. The molecule has 1 aromatic carbocycles. The molecule has 0 radical (unpaired) electrons. The highest BCUT2D eigenvalue weighted by Crippen LogP contribution is 2.24. The standard InChI is InChI=1S/C11H10O4/c1-6(10(12)13)7-2-3-9-8(4-7)5-15-11(9)14/h2-4,6H,5H2,1H3,(H,12,13)/t6-/m0/s1. The molecule has 0 unspecified atom stereocenters. The van der Waals surface area contributed by atoms with E-state index in [0.29, 0.717) is 11.1 Å². The Labute approximate surface area is 86.5 Å². The minimum atomic E-state index is -0.875. The van der Waals surface area contributed by atoms with Crippen molar-refractivity contribution in [2.24, 2.45) is 0 Å². The Bertz CT molecular complexity index is 436. The van der Waals surface area contributed by atoms with Crippen LogP contribution in [0.2, 0.25) is 0 Å². The van der Waals surface area contributed by atoms with Crippen LogP contribution in [0.4, 0.5) is 0 Å². The highest BCUT2D eigenvalue weighted by Gasteiger charge is 2.23. The first-order valence-electron chi connectivity index (χ1n) is 4.62. The first kappa shape index (κ1) is 9.71. The predicted molar refractivity (Wildman–Crippen MR) is 51.6 cm³/mol. The number of benzene rings is 1. The van der Waals surface area contributed by atoms with E-state index < -0.39 is 11.9 Å². The molecule has 0 amide bonds. The van der Waals surface area contributed by atoms with Crippen LogP contribution in [0.5, 0.6) is 0 Å². The van der Waals surface area contributed by atoms with Crippen LogP contribution >= 0.6 is 0 Å². The number of carboxylic acid groups (broad SMARTS) is 1. The Morgan fingerprint density at radius 3 is 2.93 bits per heavy atom. The van der Waals surface area contributed by atoms with Gasteiger partial charge in [0.1, 0.15) is 6.61 Å².